The molecular weight excluding hydrogens is 1140 g/mol. The van der Waals surface area contributed by atoms with Crippen molar-refractivity contribution in [3.63, 3.8) is 0 Å². The summed E-state index contributed by atoms with van der Waals surface area (Å²) in [5.74, 6) is -5.43. The van der Waals surface area contributed by atoms with Crippen molar-refractivity contribution in [1.29, 1.82) is 0 Å². The first kappa shape index (κ1) is 75.4. The van der Waals surface area contributed by atoms with Gasteiger partial charge in [0.1, 0.15) is 44.0 Å². The van der Waals surface area contributed by atoms with Gasteiger partial charge in [-0.2, -0.15) is 0 Å². The molecule has 35 heteroatoms. The Balaban J connectivity index is 0.000000563. The van der Waals surface area contributed by atoms with Gasteiger partial charge >= 0.3 is 53.7 Å². The Kier molecular flexibility index (Phi) is 39.0. The van der Waals surface area contributed by atoms with Crippen LogP contribution in [-0.4, -0.2) is 320 Å². The predicted octanol–water partition coefficient (Wildman–Crippen LogP) is -6.45. The van der Waals surface area contributed by atoms with Gasteiger partial charge < -0.3 is 73.7 Å². The van der Waals surface area contributed by atoms with Crippen LogP contribution in [0.5, 0.6) is 0 Å². The molecule has 0 aliphatic carbocycles. The molecule has 6 atom stereocenters. The highest BCUT2D eigenvalue weighted by molar-refractivity contribution is 5.97. The Hall–Kier alpha value is -7.64. The van der Waals surface area contributed by atoms with Crippen LogP contribution >= 0.6 is 0 Å². The van der Waals surface area contributed by atoms with Crippen molar-refractivity contribution in [2.45, 2.75) is 68.5 Å². The van der Waals surface area contributed by atoms with Crippen molar-refractivity contribution >= 4 is 86.1 Å². The molecular formula is C50H78N8O27. The van der Waals surface area contributed by atoms with E-state index in [1.54, 1.807) is 9.80 Å². The van der Waals surface area contributed by atoms with E-state index in [-0.39, 0.29) is 88.5 Å². The topological polar surface area (TPSA) is 447 Å². The summed E-state index contributed by atoms with van der Waals surface area (Å²) >= 11 is 0. The zero-order chi connectivity index (χ0) is 62.2. The first-order valence-corrected chi connectivity index (χ1v) is 26.4. The Labute approximate surface area is 488 Å². The van der Waals surface area contributed by atoms with Gasteiger partial charge in [-0.25, -0.2) is 14.4 Å². The van der Waals surface area contributed by atoms with Gasteiger partial charge in [-0.1, -0.05) is 0 Å². The zero-order valence-electron chi connectivity index (χ0n) is 47.6. The maximum atomic E-state index is 12.0. The first-order valence-electron chi connectivity index (χ1n) is 26.4. The number of piperazine rings is 4. The molecule has 85 heavy (non-hydrogen) atoms. The van der Waals surface area contributed by atoms with Crippen LogP contribution in [-0.2, 0) is 114 Å². The number of methoxy groups -OCH3 is 3. The third-order valence-corrected chi connectivity index (χ3v) is 13.3. The second-order valence-electron chi connectivity index (χ2n) is 18.3. The van der Waals surface area contributed by atoms with Crippen molar-refractivity contribution in [3.05, 3.63) is 12.2 Å². The predicted molar refractivity (Wildman–Crippen MR) is 282 cm³/mol. The van der Waals surface area contributed by atoms with Gasteiger partial charge in [0.2, 0.25) is 0 Å². The Morgan fingerprint density at radius 3 is 1.45 bits per heavy atom. The number of carboxylic acid groups (broad SMARTS) is 2. The third kappa shape index (κ3) is 29.1. The summed E-state index contributed by atoms with van der Waals surface area (Å²) in [5, 5.41) is 24.4. The zero-order valence-corrected chi connectivity index (χ0v) is 47.6. The summed E-state index contributed by atoms with van der Waals surface area (Å²) in [5.41, 5.74) is 0. The Morgan fingerprint density at radius 1 is 0.576 bits per heavy atom. The fraction of sp³-hybridized carbons (Fsp3) is 0.680. The lowest BCUT2D eigenvalue weighted by Gasteiger charge is -2.40. The number of nitrogens with zero attached hydrogens (tertiary/aromatic N) is 6. The van der Waals surface area contributed by atoms with E-state index < -0.39 is 72.2 Å². The van der Waals surface area contributed by atoms with E-state index in [0.29, 0.717) is 104 Å². The molecule has 6 aliphatic rings. The van der Waals surface area contributed by atoms with Gasteiger partial charge in [-0.15, -0.1) is 0 Å². The number of ether oxygens (including phenoxy) is 10. The largest absolute Gasteiger partial charge is 0.481 e. The average molecular weight is 1220 g/mol. The summed E-state index contributed by atoms with van der Waals surface area (Å²) in [6, 6.07) is -2.78. The van der Waals surface area contributed by atoms with E-state index in [2.05, 4.69) is 43.8 Å². The monoisotopic (exact) mass is 1220 g/mol. The minimum absolute atomic E-state index is 0. The normalized spacial score (nSPS) is 20.7. The van der Waals surface area contributed by atoms with Crippen molar-refractivity contribution in [2.75, 3.05) is 152 Å². The number of hydrogen-bond donors (Lipinski definition) is 4. The quantitative estimate of drug-likeness (QED) is 0.0141. The number of carbonyl (C=O) groups excluding carboxylic acids is 12. The van der Waals surface area contributed by atoms with E-state index >= 15 is 0 Å². The van der Waals surface area contributed by atoms with E-state index in [4.69, 9.17) is 24.4 Å². The van der Waals surface area contributed by atoms with E-state index in [1.807, 2.05) is 19.6 Å². The number of rotatable bonds is 28. The van der Waals surface area contributed by atoms with E-state index in [9.17, 15) is 67.1 Å². The highest BCUT2D eigenvalue weighted by atomic mass is 16.6. The van der Waals surface area contributed by atoms with E-state index in [0.717, 1.165) is 26.2 Å². The van der Waals surface area contributed by atoms with Crippen molar-refractivity contribution in [1.82, 2.24) is 40.0 Å². The summed E-state index contributed by atoms with van der Waals surface area (Å²) in [4.78, 5) is 163. The van der Waals surface area contributed by atoms with Gasteiger partial charge in [0.25, 0.3) is 32.4 Å². The van der Waals surface area contributed by atoms with Gasteiger partial charge in [-0.3, -0.25) is 82.1 Å². The molecule has 35 nitrogen and oxygen atoms in total. The maximum absolute atomic E-state index is 12.0. The lowest BCUT2D eigenvalue weighted by atomic mass is 10.1. The molecule has 6 aliphatic heterocycles. The number of nitrogens with one attached hydrogen (secondary N) is 2. The summed E-state index contributed by atoms with van der Waals surface area (Å²) in [7, 11) is 3.89. The van der Waals surface area contributed by atoms with Crippen molar-refractivity contribution < 1.29 is 130 Å². The van der Waals surface area contributed by atoms with Crippen LogP contribution in [0.15, 0.2) is 12.2 Å². The van der Waals surface area contributed by atoms with Crippen molar-refractivity contribution in [2.24, 2.45) is 0 Å². The Morgan fingerprint density at radius 2 is 1.05 bits per heavy atom. The molecule has 0 saturated carbocycles. The lowest BCUT2D eigenvalue weighted by molar-refractivity contribution is -0.158. The van der Waals surface area contributed by atoms with Crippen LogP contribution in [0, 0.1) is 0 Å². The van der Waals surface area contributed by atoms with Crippen LogP contribution in [0.25, 0.3) is 0 Å². The van der Waals surface area contributed by atoms with Crippen LogP contribution in [0.1, 0.15) is 32.1 Å². The lowest BCUT2D eigenvalue weighted by Crippen LogP contribution is -2.56. The minimum atomic E-state index is -1.11. The maximum Gasteiger partial charge on any atom is 0.331 e. The molecule has 6 saturated heterocycles. The average Bonchev–Trinajstić information content (AvgIpc) is 3.70. The molecule has 0 spiro atoms. The van der Waals surface area contributed by atoms with Crippen LogP contribution in [0.3, 0.4) is 0 Å². The number of cyclic esters (lactones) is 4. The molecule has 0 aromatic heterocycles. The SMILES string of the molecule is C1CNCCN1.COC(=O)/C=C/COC=O.COC(=O)CC(COC=O)N1CCN(C(CCOC=O)C(=O)OC)CC1.O.O=C1CC(N2CCN(C3CC(=O)OC3=O)CC2)C(=O)O1.O=COCC(C(=O)O)N1CCN(C(CC(=O)O)OC=O)CC1. The summed E-state index contributed by atoms with van der Waals surface area (Å²) < 4.78 is 45.9. The highest BCUT2D eigenvalue weighted by Gasteiger charge is 2.43. The molecule has 6 rings (SSSR count). The molecule has 480 valence electrons. The van der Waals surface area contributed by atoms with Gasteiger partial charge in [-0.05, 0) is 6.08 Å². The van der Waals surface area contributed by atoms with Gasteiger partial charge in [0.05, 0.1) is 59.7 Å². The number of esters is 7. The second-order valence-corrected chi connectivity index (χ2v) is 18.3. The smallest absolute Gasteiger partial charge is 0.331 e. The molecule has 6 N–H and O–H groups in total. The number of carbonyl (C=O) groups is 14. The first-order chi connectivity index (χ1) is 40.4. The molecule has 0 amide bonds. The minimum Gasteiger partial charge on any atom is -0.481 e. The van der Waals surface area contributed by atoms with E-state index in [1.165, 1.54) is 33.5 Å². The number of hydrogen-bond acceptors (Lipinski definition) is 32. The molecule has 0 bridgehead atoms. The van der Waals surface area contributed by atoms with Crippen LogP contribution < -0.4 is 10.6 Å². The molecule has 0 aromatic rings. The standard InChI is InChI=1S/C16H26N2O8.C12H18N2O8.C12H14N2O6.C6H8O4.C4H10N2.H2O/c1-23-15(21)9-13(10-26-12-20)17-4-6-18(7-5-17)14(16(22)24-2)3-8-25-11-19;15-7-21-6-9(12(19)20)13-1-3-14(4-2-13)10(22-8-16)5-11(17)18;15-9-5-7(11(17)19-9)13-1-2-14(4-3-13)8-6-10(16)20-12(8)18;1-9-6(8)3-2-4-10-5-7;1-2-6-4-3-5-1;/h11-14H,3-10H2,1-2H3;7-10H,1-6H2,(H,17,18)(H,19,20);7-8H,1-6H2;2-3,5H,4H2,1H3;5-6H,1-4H2;1H2/b;;;3-2+;;. The fourth-order valence-corrected chi connectivity index (χ4v) is 8.98. The van der Waals surface area contributed by atoms with Gasteiger partial charge in [0, 0.05) is 117 Å². The molecule has 6 heterocycles. The molecule has 6 unspecified atom stereocenters. The Bertz CT molecular complexity index is 2090. The molecule has 0 radical (unpaired) electrons. The van der Waals surface area contributed by atoms with Gasteiger partial charge in [0.15, 0.2) is 6.23 Å². The second kappa shape index (κ2) is 43.9. The summed E-state index contributed by atoms with van der Waals surface area (Å²) in [6.45, 7) is 11.7. The molecule has 6 fully saturated rings. The van der Waals surface area contributed by atoms with Crippen molar-refractivity contribution in [3.8, 4) is 0 Å². The summed E-state index contributed by atoms with van der Waals surface area (Å²) in [6.07, 6.45) is 1.96. The highest BCUT2D eigenvalue weighted by Crippen LogP contribution is 2.22. The fourth-order valence-electron chi connectivity index (χ4n) is 8.98. The number of carboxylic acids is 2. The van der Waals surface area contributed by atoms with Crippen LogP contribution in [0.2, 0.25) is 0 Å². The van der Waals surface area contributed by atoms with Crippen LogP contribution in [0.4, 0.5) is 0 Å². The molecule has 0 aromatic carbocycles. The number of aliphatic carboxylic acids is 2. The third-order valence-electron chi connectivity index (χ3n) is 13.3.